The Morgan fingerprint density at radius 3 is 2.52 bits per heavy atom. The molecule has 7 nitrogen and oxygen atoms in total. The number of piperazine rings is 1. The summed E-state index contributed by atoms with van der Waals surface area (Å²) in [5.74, 6) is -2.39. The SMILES string of the molecule is O=CC(=O)C1CCC(N2Cc3c(c(F)cc(F)c3N3CC4CC3CN4)C2=O)CN1. The topological polar surface area (TPSA) is 81.8 Å². The number of piperidine rings is 1. The highest BCUT2D eigenvalue weighted by molar-refractivity contribution is 6.27. The van der Waals surface area contributed by atoms with E-state index in [0.717, 1.165) is 19.0 Å². The quantitative estimate of drug-likeness (QED) is 0.557. The molecule has 4 atom stereocenters. The molecule has 4 heterocycles. The number of nitrogens with zero attached hydrogens (tertiary/aromatic N) is 2. The van der Waals surface area contributed by atoms with Crippen LogP contribution >= 0.6 is 0 Å². The molecule has 4 aliphatic heterocycles. The minimum atomic E-state index is -0.825. The van der Waals surface area contributed by atoms with Gasteiger partial charge in [-0.1, -0.05) is 0 Å². The van der Waals surface area contributed by atoms with Crippen molar-refractivity contribution in [3.05, 3.63) is 28.8 Å². The number of fused-ring (bicyclic) bond motifs is 3. The van der Waals surface area contributed by atoms with E-state index in [9.17, 15) is 23.2 Å². The van der Waals surface area contributed by atoms with E-state index >= 15 is 0 Å². The van der Waals surface area contributed by atoms with Crippen LogP contribution in [0, 0.1) is 11.6 Å². The van der Waals surface area contributed by atoms with Gasteiger partial charge in [0.2, 0.25) is 5.78 Å². The molecule has 29 heavy (non-hydrogen) atoms. The molecule has 9 heteroatoms. The summed E-state index contributed by atoms with van der Waals surface area (Å²) >= 11 is 0. The van der Waals surface area contributed by atoms with Gasteiger partial charge >= 0.3 is 0 Å². The fourth-order valence-corrected chi connectivity index (χ4v) is 5.30. The lowest BCUT2D eigenvalue weighted by Gasteiger charge is -2.34. The van der Waals surface area contributed by atoms with Gasteiger partial charge in [0.1, 0.15) is 11.6 Å². The summed E-state index contributed by atoms with van der Waals surface area (Å²) in [7, 11) is 0. The molecule has 1 aromatic carbocycles. The van der Waals surface area contributed by atoms with E-state index in [1.165, 1.54) is 0 Å². The molecule has 0 saturated carbocycles. The predicted molar refractivity (Wildman–Crippen MR) is 99.7 cm³/mol. The zero-order valence-electron chi connectivity index (χ0n) is 15.8. The molecule has 154 valence electrons. The van der Waals surface area contributed by atoms with Crippen LogP contribution in [0.5, 0.6) is 0 Å². The summed E-state index contributed by atoms with van der Waals surface area (Å²) in [6.45, 7) is 1.89. The number of carbonyl (C=O) groups is 3. The van der Waals surface area contributed by atoms with E-state index in [-0.39, 0.29) is 24.2 Å². The number of nitrogens with one attached hydrogen (secondary N) is 2. The van der Waals surface area contributed by atoms with E-state index in [0.29, 0.717) is 49.5 Å². The molecule has 1 amide bonds. The summed E-state index contributed by atoms with van der Waals surface area (Å²) in [5.41, 5.74) is 0.735. The largest absolute Gasteiger partial charge is 0.363 e. The van der Waals surface area contributed by atoms with Gasteiger partial charge in [0.25, 0.3) is 5.91 Å². The average molecular weight is 404 g/mol. The number of amides is 1. The zero-order valence-corrected chi connectivity index (χ0v) is 15.8. The molecular formula is C20H22F2N4O3. The van der Waals surface area contributed by atoms with Crippen LogP contribution in [0.25, 0.3) is 0 Å². The molecule has 1 aromatic rings. The lowest BCUT2D eigenvalue weighted by atomic mass is 9.97. The van der Waals surface area contributed by atoms with Crippen molar-refractivity contribution in [2.24, 2.45) is 0 Å². The first kappa shape index (κ1) is 18.6. The molecule has 2 bridgehead atoms. The van der Waals surface area contributed by atoms with Gasteiger partial charge in [-0.15, -0.1) is 0 Å². The van der Waals surface area contributed by atoms with E-state index < -0.39 is 29.4 Å². The van der Waals surface area contributed by atoms with Crippen molar-refractivity contribution < 1.29 is 23.2 Å². The van der Waals surface area contributed by atoms with Gasteiger partial charge in [-0.05, 0) is 19.3 Å². The van der Waals surface area contributed by atoms with Gasteiger partial charge in [-0.25, -0.2) is 8.78 Å². The second kappa shape index (κ2) is 6.84. The highest BCUT2D eigenvalue weighted by Gasteiger charge is 2.44. The fourth-order valence-electron chi connectivity index (χ4n) is 5.30. The van der Waals surface area contributed by atoms with Crippen molar-refractivity contribution in [3.8, 4) is 0 Å². The molecule has 4 aliphatic rings. The molecule has 0 spiro atoms. The molecule has 0 radical (unpaired) electrons. The number of halogens is 2. The van der Waals surface area contributed by atoms with E-state index in [4.69, 9.17) is 0 Å². The van der Waals surface area contributed by atoms with Gasteiger partial charge in [0.05, 0.1) is 17.3 Å². The highest BCUT2D eigenvalue weighted by atomic mass is 19.1. The van der Waals surface area contributed by atoms with Crippen LogP contribution in [-0.4, -0.2) is 66.7 Å². The standard InChI is InChI=1S/C20H22F2N4O3/c21-14-4-15(22)19(25-7-10-3-12(25)6-23-10)13-8-26(20(29)18(13)14)11-1-2-16(24-5-11)17(28)9-27/h4,9-12,16,23-24H,1-3,5-8H2. The van der Waals surface area contributed by atoms with Crippen molar-refractivity contribution in [2.75, 3.05) is 24.5 Å². The number of rotatable bonds is 4. The first-order valence-corrected chi connectivity index (χ1v) is 10.0. The van der Waals surface area contributed by atoms with Crippen LogP contribution in [0.1, 0.15) is 35.2 Å². The summed E-state index contributed by atoms with van der Waals surface area (Å²) in [4.78, 5) is 38.8. The van der Waals surface area contributed by atoms with Crippen molar-refractivity contribution >= 4 is 23.7 Å². The lowest BCUT2D eigenvalue weighted by Crippen LogP contribution is -2.52. The van der Waals surface area contributed by atoms with Crippen molar-refractivity contribution in [1.29, 1.82) is 0 Å². The maximum atomic E-state index is 14.8. The minimum absolute atomic E-state index is 0.0387. The number of hydrogen-bond acceptors (Lipinski definition) is 6. The molecule has 3 fully saturated rings. The number of aldehydes is 1. The lowest BCUT2D eigenvalue weighted by molar-refractivity contribution is -0.131. The van der Waals surface area contributed by atoms with Gasteiger partial charge in [0.15, 0.2) is 6.29 Å². The number of carbonyl (C=O) groups excluding carboxylic acids is 3. The Morgan fingerprint density at radius 2 is 1.90 bits per heavy atom. The summed E-state index contributed by atoms with van der Waals surface area (Å²) in [6, 6.07) is 0.494. The Morgan fingerprint density at radius 1 is 1.10 bits per heavy atom. The van der Waals surface area contributed by atoms with Crippen LogP contribution in [-0.2, 0) is 16.1 Å². The van der Waals surface area contributed by atoms with Crippen molar-refractivity contribution in [2.45, 2.75) is 50.0 Å². The van der Waals surface area contributed by atoms with Gasteiger partial charge in [-0.2, -0.15) is 0 Å². The van der Waals surface area contributed by atoms with Gasteiger partial charge in [0, 0.05) is 55.9 Å². The molecule has 4 unspecified atom stereocenters. The third-order valence-corrected chi connectivity index (χ3v) is 6.74. The highest BCUT2D eigenvalue weighted by Crippen LogP contribution is 2.41. The number of benzene rings is 1. The smallest absolute Gasteiger partial charge is 0.257 e. The van der Waals surface area contributed by atoms with Crippen LogP contribution in [0.4, 0.5) is 14.5 Å². The van der Waals surface area contributed by atoms with Crippen LogP contribution in [0.3, 0.4) is 0 Å². The number of anilines is 1. The zero-order chi connectivity index (χ0) is 20.3. The normalized spacial score (nSPS) is 30.8. The van der Waals surface area contributed by atoms with Crippen LogP contribution in [0.2, 0.25) is 0 Å². The molecule has 5 rings (SSSR count). The van der Waals surface area contributed by atoms with E-state index in [2.05, 4.69) is 10.6 Å². The van der Waals surface area contributed by atoms with Crippen molar-refractivity contribution in [3.63, 3.8) is 0 Å². The second-order valence-corrected chi connectivity index (χ2v) is 8.33. The number of Topliss-reactive ketones (excluding diaryl/α,β-unsaturated/α-hetero) is 1. The Balaban J connectivity index is 1.42. The van der Waals surface area contributed by atoms with Crippen molar-refractivity contribution in [1.82, 2.24) is 15.5 Å². The molecule has 0 aliphatic carbocycles. The van der Waals surface area contributed by atoms with E-state index in [1.54, 1.807) is 4.90 Å². The number of hydrogen-bond donors (Lipinski definition) is 2. The molecule has 3 saturated heterocycles. The Labute approximate surface area is 166 Å². The Hall–Kier alpha value is -2.39. The average Bonchev–Trinajstić information content (AvgIpc) is 3.42. The van der Waals surface area contributed by atoms with Crippen LogP contribution in [0.15, 0.2) is 6.07 Å². The second-order valence-electron chi connectivity index (χ2n) is 8.33. The summed E-state index contributed by atoms with van der Waals surface area (Å²) in [6.07, 6.45) is 2.17. The Kier molecular flexibility index (Phi) is 4.40. The third-order valence-electron chi connectivity index (χ3n) is 6.74. The maximum Gasteiger partial charge on any atom is 0.257 e. The summed E-state index contributed by atoms with van der Waals surface area (Å²) in [5, 5.41) is 6.37. The summed E-state index contributed by atoms with van der Waals surface area (Å²) < 4.78 is 29.4. The molecular weight excluding hydrogens is 382 g/mol. The Bertz CT molecular complexity index is 900. The van der Waals surface area contributed by atoms with E-state index in [1.807, 2.05) is 4.90 Å². The van der Waals surface area contributed by atoms with Gasteiger partial charge < -0.3 is 20.4 Å². The monoisotopic (exact) mass is 404 g/mol. The minimum Gasteiger partial charge on any atom is -0.363 e. The first-order valence-electron chi connectivity index (χ1n) is 10.0. The maximum absolute atomic E-state index is 14.8. The number of ketones is 1. The fraction of sp³-hybridized carbons (Fsp3) is 0.550. The van der Waals surface area contributed by atoms with Gasteiger partial charge in [-0.3, -0.25) is 14.4 Å². The predicted octanol–water partition coefficient (Wildman–Crippen LogP) is 0.360. The molecule has 2 N–H and O–H groups in total. The third kappa shape index (κ3) is 2.86. The van der Waals surface area contributed by atoms with Crippen LogP contribution < -0.4 is 15.5 Å². The molecule has 0 aromatic heterocycles. The first-order chi connectivity index (χ1) is 14.0.